The first kappa shape index (κ1) is 13.4. The summed E-state index contributed by atoms with van der Waals surface area (Å²) in [6.45, 7) is 4.50. The van der Waals surface area contributed by atoms with Crippen LogP contribution >= 0.6 is 45.9 Å². The lowest BCUT2D eigenvalue weighted by Crippen LogP contribution is -2.15. The van der Waals surface area contributed by atoms with Crippen molar-refractivity contribution in [3.63, 3.8) is 0 Å². The van der Waals surface area contributed by atoms with Crippen LogP contribution in [-0.2, 0) is 17.2 Å². The van der Waals surface area contributed by atoms with Crippen molar-refractivity contribution >= 4 is 45.9 Å². The summed E-state index contributed by atoms with van der Waals surface area (Å²) in [4.78, 5) is 5.17. The van der Waals surface area contributed by atoms with Crippen LogP contribution in [0.5, 0.6) is 0 Å². The summed E-state index contributed by atoms with van der Waals surface area (Å²) >= 11 is 15.3. The third-order valence-electron chi connectivity index (χ3n) is 2.82. The Kier molecular flexibility index (Phi) is 4.19. The predicted molar refractivity (Wildman–Crippen MR) is 79.9 cm³/mol. The minimum Gasteiger partial charge on any atom is -0.143 e. The summed E-state index contributed by atoms with van der Waals surface area (Å²) in [5, 5.41) is 0. The Balaban J connectivity index is 2.34. The van der Waals surface area contributed by atoms with E-state index in [0.29, 0.717) is 11.8 Å². The van der Waals surface area contributed by atoms with Crippen LogP contribution in [0.25, 0.3) is 0 Å². The molecule has 2 rings (SSSR count). The summed E-state index contributed by atoms with van der Waals surface area (Å²) in [5.41, 5.74) is 0.0456. The normalized spacial score (nSPS) is 12.0. The molecule has 0 spiro atoms. The first-order valence-corrected chi connectivity index (χ1v) is 8.08. The van der Waals surface area contributed by atoms with Gasteiger partial charge in [-0.25, -0.2) is 0 Å². The Morgan fingerprint density at radius 2 is 1.29 bits per heavy atom. The van der Waals surface area contributed by atoms with Gasteiger partial charge in [-0.3, -0.25) is 0 Å². The predicted octanol–water partition coefficient (Wildman–Crippen LogP) is 5.61. The van der Waals surface area contributed by atoms with Gasteiger partial charge < -0.3 is 0 Å². The third kappa shape index (κ3) is 2.70. The molecule has 0 aliphatic rings. The maximum absolute atomic E-state index is 5.86. The van der Waals surface area contributed by atoms with Gasteiger partial charge in [0.05, 0.1) is 11.8 Å². The van der Waals surface area contributed by atoms with Crippen LogP contribution in [0.2, 0.25) is 0 Å². The molecule has 2 aromatic rings. The Hall–Kier alpha value is -0.0200. The molecule has 0 aromatic carbocycles. The Bertz CT molecular complexity index is 453. The maximum Gasteiger partial charge on any atom is 0.0568 e. The number of hydrogen-bond acceptors (Lipinski definition) is 2. The number of hydrogen-bond donors (Lipinski definition) is 0. The van der Waals surface area contributed by atoms with Gasteiger partial charge in [-0.05, 0) is 24.3 Å². The van der Waals surface area contributed by atoms with Gasteiger partial charge in [-0.15, -0.1) is 45.9 Å². The molecule has 92 valence electrons. The van der Waals surface area contributed by atoms with Gasteiger partial charge in [-0.1, -0.05) is 13.8 Å². The van der Waals surface area contributed by atoms with Crippen LogP contribution in [0, 0.1) is 0 Å². The van der Waals surface area contributed by atoms with Crippen LogP contribution in [0.15, 0.2) is 24.3 Å². The number of thiophene rings is 2. The van der Waals surface area contributed by atoms with Crippen molar-refractivity contribution in [3.05, 3.63) is 43.8 Å². The van der Waals surface area contributed by atoms with Gasteiger partial charge in [0.2, 0.25) is 0 Å². The van der Waals surface area contributed by atoms with Crippen molar-refractivity contribution in [1.82, 2.24) is 0 Å². The molecule has 0 N–H and O–H groups in total. The molecule has 0 amide bonds. The summed E-state index contributed by atoms with van der Waals surface area (Å²) in [6, 6.07) is 8.60. The fourth-order valence-corrected chi connectivity index (χ4v) is 4.21. The zero-order valence-corrected chi connectivity index (χ0v) is 12.9. The summed E-state index contributed by atoms with van der Waals surface area (Å²) in [6.07, 6.45) is 0. The molecule has 0 aliphatic heterocycles. The highest BCUT2D eigenvalue weighted by atomic mass is 35.5. The molecular formula is C13H14Cl2S2. The van der Waals surface area contributed by atoms with Crippen molar-refractivity contribution in [2.24, 2.45) is 0 Å². The van der Waals surface area contributed by atoms with Crippen molar-refractivity contribution in [2.75, 3.05) is 0 Å². The van der Waals surface area contributed by atoms with Gasteiger partial charge in [0.15, 0.2) is 0 Å². The molecule has 2 heterocycles. The van der Waals surface area contributed by atoms with Gasteiger partial charge in [0.1, 0.15) is 0 Å². The Morgan fingerprint density at radius 1 is 0.882 bits per heavy atom. The highest BCUT2D eigenvalue weighted by molar-refractivity contribution is 7.14. The van der Waals surface area contributed by atoms with E-state index in [9.17, 15) is 0 Å². The van der Waals surface area contributed by atoms with Crippen LogP contribution in [0.3, 0.4) is 0 Å². The lowest BCUT2D eigenvalue weighted by molar-refractivity contribution is 0.671. The first-order chi connectivity index (χ1) is 8.07. The van der Waals surface area contributed by atoms with E-state index >= 15 is 0 Å². The quantitative estimate of drug-likeness (QED) is 0.644. The first-order valence-electron chi connectivity index (χ1n) is 5.38. The fourth-order valence-electron chi connectivity index (χ4n) is 1.69. The van der Waals surface area contributed by atoms with Gasteiger partial charge in [0.25, 0.3) is 0 Å². The standard InChI is InChI=1S/C13H14Cl2S2/c1-13(2,11-5-3-9(7-14)16-11)12-6-4-10(8-15)17-12/h3-6H,7-8H2,1-2H3. The van der Waals surface area contributed by atoms with E-state index in [1.807, 2.05) is 0 Å². The summed E-state index contributed by atoms with van der Waals surface area (Å²) < 4.78 is 0. The van der Waals surface area contributed by atoms with E-state index in [2.05, 4.69) is 38.1 Å². The topological polar surface area (TPSA) is 0 Å². The minimum atomic E-state index is 0.0456. The van der Waals surface area contributed by atoms with Crippen LogP contribution in [-0.4, -0.2) is 0 Å². The highest BCUT2D eigenvalue weighted by Gasteiger charge is 2.26. The number of rotatable bonds is 4. The lowest BCUT2D eigenvalue weighted by atomic mass is 9.90. The molecule has 0 saturated carbocycles. The average Bonchev–Trinajstić information content (AvgIpc) is 2.98. The monoisotopic (exact) mass is 304 g/mol. The molecule has 0 fully saturated rings. The zero-order chi connectivity index (χ0) is 12.5. The van der Waals surface area contributed by atoms with Crippen LogP contribution < -0.4 is 0 Å². The maximum atomic E-state index is 5.86. The molecule has 0 unspecified atom stereocenters. The van der Waals surface area contributed by atoms with Crippen molar-refractivity contribution < 1.29 is 0 Å². The van der Waals surface area contributed by atoms with E-state index in [1.54, 1.807) is 22.7 Å². The van der Waals surface area contributed by atoms with E-state index in [-0.39, 0.29) is 5.41 Å². The molecule has 0 saturated heterocycles. The molecule has 0 bridgehead atoms. The minimum absolute atomic E-state index is 0.0456. The van der Waals surface area contributed by atoms with Gasteiger partial charge in [-0.2, -0.15) is 0 Å². The molecule has 17 heavy (non-hydrogen) atoms. The second-order valence-corrected chi connectivity index (χ2v) is 7.30. The fraction of sp³-hybridized carbons (Fsp3) is 0.385. The smallest absolute Gasteiger partial charge is 0.0568 e. The second-order valence-electron chi connectivity index (χ2n) is 4.42. The van der Waals surface area contributed by atoms with E-state index in [0.717, 1.165) is 0 Å². The summed E-state index contributed by atoms with van der Waals surface area (Å²) in [5.74, 6) is 1.19. The van der Waals surface area contributed by atoms with Crippen LogP contribution in [0.1, 0.15) is 33.4 Å². The molecule has 0 aliphatic carbocycles. The van der Waals surface area contributed by atoms with Crippen molar-refractivity contribution in [3.8, 4) is 0 Å². The highest BCUT2D eigenvalue weighted by Crippen LogP contribution is 2.39. The van der Waals surface area contributed by atoms with Gasteiger partial charge in [0, 0.05) is 24.9 Å². The summed E-state index contributed by atoms with van der Waals surface area (Å²) in [7, 11) is 0. The van der Waals surface area contributed by atoms with E-state index in [1.165, 1.54) is 19.5 Å². The van der Waals surface area contributed by atoms with Crippen LogP contribution in [0.4, 0.5) is 0 Å². The Morgan fingerprint density at radius 3 is 1.59 bits per heavy atom. The SMILES string of the molecule is CC(C)(c1ccc(CCl)s1)c1ccc(CCl)s1. The lowest BCUT2D eigenvalue weighted by Gasteiger charge is -2.21. The molecule has 2 aromatic heterocycles. The largest absolute Gasteiger partial charge is 0.143 e. The average molecular weight is 305 g/mol. The molecule has 0 nitrogen and oxygen atoms in total. The molecule has 4 heteroatoms. The molecule has 0 radical (unpaired) electrons. The van der Waals surface area contributed by atoms with Crippen molar-refractivity contribution in [2.45, 2.75) is 31.0 Å². The third-order valence-corrected chi connectivity index (χ3v) is 6.53. The van der Waals surface area contributed by atoms with Crippen molar-refractivity contribution in [1.29, 1.82) is 0 Å². The molecular weight excluding hydrogens is 291 g/mol. The number of halogens is 2. The second kappa shape index (κ2) is 5.31. The van der Waals surface area contributed by atoms with E-state index < -0.39 is 0 Å². The Labute approximate surface area is 120 Å². The van der Waals surface area contributed by atoms with Gasteiger partial charge >= 0.3 is 0 Å². The molecule has 0 atom stereocenters. The van der Waals surface area contributed by atoms with E-state index in [4.69, 9.17) is 23.2 Å². The number of alkyl halides is 2. The zero-order valence-electron chi connectivity index (χ0n) is 9.80.